The van der Waals surface area contributed by atoms with Gasteiger partial charge in [-0.1, -0.05) is 18.2 Å². The van der Waals surface area contributed by atoms with Gasteiger partial charge in [-0.05, 0) is 30.3 Å². The van der Waals surface area contributed by atoms with Gasteiger partial charge in [-0.2, -0.15) is 10.2 Å². The van der Waals surface area contributed by atoms with Crippen LogP contribution in [0.25, 0.3) is 16.9 Å². The summed E-state index contributed by atoms with van der Waals surface area (Å²) in [6, 6.07) is 16.2. The third kappa shape index (κ3) is 4.79. The molecule has 162 valence electrons. The summed E-state index contributed by atoms with van der Waals surface area (Å²) in [6.45, 7) is 0.834. The number of carbonyl (C=O) groups is 1. The topological polar surface area (TPSA) is 104 Å². The van der Waals surface area contributed by atoms with Crippen LogP contribution >= 0.6 is 0 Å². The van der Waals surface area contributed by atoms with Crippen molar-refractivity contribution in [2.24, 2.45) is 0 Å². The second-order valence-corrected chi connectivity index (χ2v) is 6.97. The van der Waals surface area contributed by atoms with Gasteiger partial charge < -0.3 is 10.1 Å². The third-order valence-corrected chi connectivity index (χ3v) is 4.81. The molecule has 0 spiro atoms. The highest BCUT2D eigenvalue weighted by Crippen LogP contribution is 2.23. The third-order valence-electron chi connectivity index (χ3n) is 4.81. The molecule has 0 radical (unpaired) electrons. The van der Waals surface area contributed by atoms with Gasteiger partial charge in [0, 0.05) is 49.4 Å². The maximum absolute atomic E-state index is 12.7. The molecule has 9 heteroatoms. The standard InChI is InChI=1S/C23H22N6O3/c1-32-14-13-28-21(30)8-7-20(26-28)23(31)25-15-18-16-29(19-5-3-2-4-6-19)27-22(18)17-9-11-24-12-10-17/h2-12,16H,13-15H2,1H3,(H,25,31). The van der Waals surface area contributed by atoms with Crippen LogP contribution in [0.1, 0.15) is 16.1 Å². The lowest BCUT2D eigenvalue weighted by atomic mass is 10.1. The number of nitrogens with zero attached hydrogens (tertiary/aromatic N) is 5. The number of benzene rings is 1. The van der Waals surface area contributed by atoms with Crippen molar-refractivity contribution >= 4 is 5.91 Å². The first kappa shape index (κ1) is 21.1. The second-order valence-electron chi connectivity index (χ2n) is 6.97. The van der Waals surface area contributed by atoms with Crippen LogP contribution in [-0.4, -0.2) is 44.2 Å². The zero-order valence-corrected chi connectivity index (χ0v) is 17.5. The van der Waals surface area contributed by atoms with E-state index in [0.717, 1.165) is 22.5 Å². The summed E-state index contributed by atoms with van der Waals surface area (Å²) in [5, 5.41) is 11.7. The van der Waals surface area contributed by atoms with Crippen molar-refractivity contribution in [3.8, 4) is 16.9 Å². The Morgan fingerprint density at radius 1 is 1.03 bits per heavy atom. The molecule has 4 rings (SSSR count). The molecule has 3 aromatic heterocycles. The summed E-state index contributed by atoms with van der Waals surface area (Å²) < 4.78 is 7.98. The number of nitrogens with one attached hydrogen (secondary N) is 1. The Kier molecular flexibility index (Phi) is 6.47. The van der Waals surface area contributed by atoms with Gasteiger partial charge in [0.25, 0.3) is 11.5 Å². The van der Waals surface area contributed by atoms with Crippen molar-refractivity contribution in [1.29, 1.82) is 0 Å². The van der Waals surface area contributed by atoms with Crippen molar-refractivity contribution in [3.63, 3.8) is 0 Å². The molecule has 0 bridgehead atoms. The molecule has 0 aliphatic carbocycles. The van der Waals surface area contributed by atoms with E-state index in [0.29, 0.717) is 6.61 Å². The van der Waals surface area contributed by atoms with E-state index in [1.807, 2.05) is 48.7 Å². The van der Waals surface area contributed by atoms with Crippen molar-refractivity contribution in [2.75, 3.05) is 13.7 Å². The van der Waals surface area contributed by atoms with Gasteiger partial charge in [0.05, 0.1) is 24.5 Å². The van der Waals surface area contributed by atoms with E-state index in [-0.39, 0.29) is 30.2 Å². The molecule has 0 saturated carbocycles. The molecule has 0 atom stereocenters. The SMILES string of the molecule is COCCn1nc(C(=O)NCc2cn(-c3ccccc3)nc2-c2ccncc2)ccc1=O. The van der Waals surface area contributed by atoms with E-state index in [9.17, 15) is 9.59 Å². The second kappa shape index (κ2) is 9.80. The predicted octanol–water partition coefficient (Wildman–Crippen LogP) is 2.07. The van der Waals surface area contributed by atoms with Crippen molar-refractivity contribution in [2.45, 2.75) is 13.1 Å². The lowest BCUT2D eigenvalue weighted by Crippen LogP contribution is -2.30. The van der Waals surface area contributed by atoms with Crippen LogP contribution in [0.15, 0.2) is 78.0 Å². The fourth-order valence-electron chi connectivity index (χ4n) is 3.18. The lowest BCUT2D eigenvalue weighted by molar-refractivity contribution is 0.0942. The zero-order valence-electron chi connectivity index (χ0n) is 17.5. The molecule has 0 saturated heterocycles. The maximum atomic E-state index is 12.7. The van der Waals surface area contributed by atoms with Crippen molar-refractivity contribution in [3.05, 3.63) is 94.8 Å². The maximum Gasteiger partial charge on any atom is 0.271 e. The minimum Gasteiger partial charge on any atom is -0.383 e. The summed E-state index contributed by atoms with van der Waals surface area (Å²) in [4.78, 5) is 28.7. The van der Waals surface area contributed by atoms with Crippen molar-refractivity contribution in [1.82, 2.24) is 29.9 Å². The van der Waals surface area contributed by atoms with E-state index < -0.39 is 0 Å². The molecule has 4 aromatic rings. The summed E-state index contributed by atoms with van der Waals surface area (Å²) in [5.74, 6) is -0.385. The summed E-state index contributed by atoms with van der Waals surface area (Å²) in [7, 11) is 1.54. The highest BCUT2D eigenvalue weighted by atomic mass is 16.5. The molecule has 0 aliphatic heterocycles. The first-order chi connectivity index (χ1) is 15.7. The molecule has 3 heterocycles. The van der Waals surface area contributed by atoms with E-state index in [4.69, 9.17) is 9.84 Å². The predicted molar refractivity (Wildman–Crippen MR) is 118 cm³/mol. The minimum atomic E-state index is -0.385. The molecule has 9 nitrogen and oxygen atoms in total. The molecule has 0 aliphatic rings. The van der Waals surface area contributed by atoms with Crippen LogP contribution < -0.4 is 10.9 Å². The van der Waals surface area contributed by atoms with Gasteiger partial charge in [0.2, 0.25) is 0 Å². The molecule has 1 N–H and O–H groups in total. The van der Waals surface area contributed by atoms with Crippen LogP contribution in [0.4, 0.5) is 0 Å². The van der Waals surface area contributed by atoms with E-state index >= 15 is 0 Å². The number of aromatic nitrogens is 5. The number of methoxy groups -OCH3 is 1. The molecule has 32 heavy (non-hydrogen) atoms. The number of hydrogen-bond acceptors (Lipinski definition) is 6. The first-order valence-electron chi connectivity index (χ1n) is 10.1. The molecular formula is C23H22N6O3. The number of hydrogen-bond donors (Lipinski definition) is 1. The van der Waals surface area contributed by atoms with Gasteiger partial charge in [-0.25, -0.2) is 9.36 Å². The molecule has 1 aromatic carbocycles. The van der Waals surface area contributed by atoms with Crippen molar-refractivity contribution < 1.29 is 9.53 Å². The van der Waals surface area contributed by atoms with Crippen LogP contribution in [0.5, 0.6) is 0 Å². The molecule has 0 fully saturated rings. The number of amides is 1. The average molecular weight is 430 g/mol. The van der Waals surface area contributed by atoms with Gasteiger partial charge in [-0.3, -0.25) is 14.6 Å². The van der Waals surface area contributed by atoms with Crippen LogP contribution in [0, 0.1) is 0 Å². The van der Waals surface area contributed by atoms with E-state index in [1.165, 1.54) is 23.9 Å². The summed E-state index contributed by atoms with van der Waals surface area (Å²) in [5.41, 5.74) is 3.25. The fraction of sp³-hybridized carbons (Fsp3) is 0.174. The number of pyridine rings is 1. The molecule has 0 unspecified atom stereocenters. The zero-order chi connectivity index (χ0) is 22.3. The Bertz CT molecular complexity index is 1250. The number of rotatable bonds is 8. The Hall–Kier alpha value is -4.11. The quantitative estimate of drug-likeness (QED) is 0.459. The van der Waals surface area contributed by atoms with E-state index in [2.05, 4.69) is 15.4 Å². The summed E-state index contributed by atoms with van der Waals surface area (Å²) >= 11 is 0. The smallest absolute Gasteiger partial charge is 0.271 e. The van der Waals surface area contributed by atoms with E-state index in [1.54, 1.807) is 17.1 Å². The Labute approximate surface area is 184 Å². The van der Waals surface area contributed by atoms with Gasteiger partial charge in [0.15, 0.2) is 0 Å². The van der Waals surface area contributed by atoms with Crippen LogP contribution in [0.2, 0.25) is 0 Å². The lowest BCUT2D eigenvalue weighted by Gasteiger charge is -2.08. The Morgan fingerprint density at radius 3 is 2.56 bits per heavy atom. The monoisotopic (exact) mass is 430 g/mol. The highest BCUT2D eigenvalue weighted by Gasteiger charge is 2.15. The number of ether oxygens (including phenoxy) is 1. The van der Waals surface area contributed by atoms with Gasteiger partial charge in [-0.15, -0.1) is 0 Å². The summed E-state index contributed by atoms with van der Waals surface area (Å²) in [6.07, 6.45) is 5.29. The Balaban J connectivity index is 1.58. The normalized spacial score (nSPS) is 10.8. The van der Waals surface area contributed by atoms with Crippen LogP contribution in [-0.2, 0) is 17.8 Å². The molecule has 1 amide bonds. The highest BCUT2D eigenvalue weighted by molar-refractivity contribution is 5.92. The average Bonchev–Trinajstić information content (AvgIpc) is 3.27. The largest absolute Gasteiger partial charge is 0.383 e. The fourth-order valence-corrected chi connectivity index (χ4v) is 3.18. The van der Waals surface area contributed by atoms with Crippen LogP contribution in [0.3, 0.4) is 0 Å². The Morgan fingerprint density at radius 2 is 1.81 bits per heavy atom. The first-order valence-corrected chi connectivity index (χ1v) is 10.1. The number of carbonyl (C=O) groups excluding carboxylic acids is 1. The van der Waals surface area contributed by atoms with Gasteiger partial charge >= 0.3 is 0 Å². The number of para-hydroxylation sites is 1. The van der Waals surface area contributed by atoms with Gasteiger partial charge in [0.1, 0.15) is 5.69 Å². The molecular weight excluding hydrogens is 408 g/mol. The minimum absolute atomic E-state index is 0.154.